The molecule has 0 aliphatic carbocycles. The van der Waals surface area contributed by atoms with Crippen molar-refractivity contribution in [1.82, 2.24) is 15.2 Å². The fraction of sp³-hybridized carbons (Fsp3) is 0.625. The number of carbonyl (C=O) groups is 1. The molecule has 2 saturated heterocycles. The standard InChI is InChI=1S/C16H23N3O/c1-12-11-14(6-9-18-12)16(20)19-10-2-3-15(19)13-4-7-17-8-5-13/h4-5,7-8,12,14-15,18H,2-3,6,9-11H2,1H3. The smallest absolute Gasteiger partial charge is 0.226 e. The van der Waals surface area contributed by atoms with Crippen molar-refractivity contribution in [3.63, 3.8) is 0 Å². The first-order valence-electron chi connectivity index (χ1n) is 7.69. The van der Waals surface area contributed by atoms with Crippen LogP contribution in [0.25, 0.3) is 0 Å². The van der Waals surface area contributed by atoms with Crippen molar-refractivity contribution in [1.29, 1.82) is 0 Å². The molecule has 0 aromatic carbocycles. The lowest BCUT2D eigenvalue weighted by molar-refractivity contribution is -0.137. The van der Waals surface area contributed by atoms with Gasteiger partial charge < -0.3 is 10.2 Å². The summed E-state index contributed by atoms with van der Waals surface area (Å²) in [5.41, 5.74) is 1.23. The molecule has 0 spiro atoms. The molecular weight excluding hydrogens is 250 g/mol. The van der Waals surface area contributed by atoms with Gasteiger partial charge in [-0.15, -0.1) is 0 Å². The molecule has 3 unspecified atom stereocenters. The molecule has 4 heteroatoms. The van der Waals surface area contributed by atoms with E-state index in [9.17, 15) is 4.79 Å². The average Bonchev–Trinajstić information content (AvgIpc) is 2.97. The van der Waals surface area contributed by atoms with Crippen LogP contribution in [-0.4, -0.2) is 34.9 Å². The number of aromatic nitrogens is 1. The summed E-state index contributed by atoms with van der Waals surface area (Å²) in [5.74, 6) is 0.561. The quantitative estimate of drug-likeness (QED) is 0.898. The van der Waals surface area contributed by atoms with E-state index in [-0.39, 0.29) is 12.0 Å². The van der Waals surface area contributed by atoms with E-state index in [2.05, 4.69) is 22.1 Å². The van der Waals surface area contributed by atoms with Crippen molar-refractivity contribution in [3.8, 4) is 0 Å². The second kappa shape index (κ2) is 5.92. The van der Waals surface area contributed by atoms with E-state index in [1.807, 2.05) is 24.5 Å². The number of pyridine rings is 1. The van der Waals surface area contributed by atoms with Crippen LogP contribution in [0.1, 0.15) is 44.2 Å². The number of piperidine rings is 1. The second-order valence-corrected chi connectivity index (χ2v) is 6.05. The molecule has 2 fully saturated rings. The Morgan fingerprint density at radius 2 is 2.15 bits per heavy atom. The van der Waals surface area contributed by atoms with Crippen molar-refractivity contribution >= 4 is 5.91 Å². The minimum Gasteiger partial charge on any atom is -0.335 e. The molecule has 0 bridgehead atoms. The van der Waals surface area contributed by atoms with E-state index in [0.717, 1.165) is 38.8 Å². The number of carbonyl (C=O) groups excluding carboxylic acids is 1. The first-order chi connectivity index (χ1) is 9.75. The molecule has 3 atom stereocenters. The highest BCUT2D eigenvalue weighted by atomic mass is 16.2. The molecule has 108 valence electrons. The minimum atomic E-state index is 0.202. The third kappa shape index (κ3) is 2.70. The van der Waals surface area contributed by atoms with Crippen molar-refractivity contribution in [3.05, 3.63) is 30.1 Å². The number of nitrogens with one attached hydrogen (secondary N) is 1. The van der Waals surface area contributed by atoms with Gasteiger partial charge in [0, 0.05) is 30.9 Å². The van der Waals surface area contributed by atoms with E-state index in [1.54, 1.807) is 0 Å². The van der Waals surface area contributed by atoms with Crippen LogP contribution < -0.4 is 5.32 Å². The number of nitrogens with zero attached hydrogens (tertiary/aromatic N) is 2. The largest absolute Gasteiger partial charge is 0.335 e. The lowest BCUT2D eigenvalue weighted by Crippen LogP contribution is -2.44. The molecule has 20 heavy (non-hydrogen) atoms. The Bertz CT molecular complexity index is 462. The van der Waals surface area contributed by atoms with Crippen LogP contribution in [0.4, 0.5) is 0 Å². The third-order valence-electron chi connectivity index (χ3n) is 4.60. The van der Waals surface area contributed by atoms with Crippen molar-refractivity contribution in [2.45, 2.75) is 44.7 Å². The fourth-order valence-corrected chi connectivity index (χ4v) is 3.55. The Hall–Kier alpha value is -1.42. The van der Waals surface area contributed by atoms with Crippen molar-refractivity contribution in [2.24, 2.45) is 5.92 Å². The summed E-state index contributed by atoms with van der Waals surface area (Å²) in [4.78, 5) is 19.0. The summed E-state index contributed by atoms with van der Waals surface area (Å²) in [6.45, 7) is 4.04. The van der Waals surface area contributed by atoms with Crippen LogP contribution in [-0.2, 0) is 4.79 Å². The number of rotatable bonds is 2. The van der Waals surface area contributed by atoms with Gasteiger partial charge in [0.1, 0.15) is 0 Å². The van der Waals surface area contributed by atoms with Crippen LogP contribution >= 0.6 is 0 Å². The highest BCUT2D eigenvalue weighted by Gasteiger charge is 2.35. The van der Waals surface area contributed by atoms with Crippen LogP contribution in [0.15, 0.2) is 24.5 Å². The molecule has 4 nitrogen and oxygen atoms in total. The van der Waals surface area contributed by atoms with Crippen LogP contribution in [0, 0.1) is 5.92 Å². The van der Waals surface area contributed by atoms with Gasteiger partial charge in [-0.1, -0.05) is 0 Å². The predicted octanol–water partition coefficient (Wildman–Crippen LogP) is 2.13. The SMILES string of the molecule is CC1CC(C(=O)N2CCCC2c2ccncc2)CCN1. The van der Waals surface area contributed by atoms with E-state index in [1.165, 1.54) is 5.56 Å². The lowest BCUT2D eigenvalue weighted by Gasteiger charge is -2.33. The van der Waals surface area contributed by atoms with Gasteiger partial charge in [0.05, 0.1) is 6.04 Å². The first-order valence-corrected chi connectivity index (χ1v) is 7.69. The summed E-state index contributed by atoms with van der Waals surface area (Å²) < 4.78 is 0. The summed E-state index contributed by atoms with van der Waals surface area (Å²) in [7, 11) is 0. The Labute approximate surface area is 120 Å². The van der Waals surface area contributed by atoms with Crippen molar-refractivity contribution < 1.29 is 4.79 Å². The summed E-state index contributed by atoms with van der Waals surface area (Å²) in [6, 6.07) is 4.80. The monoisotopic (exact) mass is 273 g/mol. The highest BCUT2D eigenvalue weighted by Crippen LogP contribution is 2.34. The normalized spacial score (nSPS) is 30.4. The lowest BCUT2D eigenvalue weighted by atomic mass is 9.91. The molecule has 1 amide bonds. The summed E-state index contributed by atoms with van der Waals surface area (Å²) in [5, 5.41) is 3.42. The minimum absolute atomic E-state index is 0.202. The maximum absolute atomic E-state index is 12.8. The molecule has 0 saturated carbocycles. The van der Waals surface area contributed by atoms with Crippen molar-refractivity contribution in [2.75, 3.05) is 13.1 Å². The van der Waals surface area contributed by atoms with E-state index in [0.29, 0.717) is 11.9 Å². The van der Waals surface area contributed by atoms with Gasteiger partial charge >= 0.3 is 0 Å². The number of amides is 1. The zero-order valence-electron chi connectivity index (χ0n) is 12.1. The molecule has 1 aromatic heterocycles. The average molecular weight is 273 g/mol. The number of hydrogen-bond acceptors (Lipinski definition) is 3. The number of likely N-dealkylation sites (tertiary alicyclic amines) is 1. The van der Waals surface area contributed by atoms with E-state index >= 15 is 0 Å². The summed E-state index contributed by atoms with van der Waals surface area (Å²) >= 11 is 0. The van der Waals surface area contributed by atoms with Crippen LogP contribution in [0.2, 0.25) is 0 Å². The van der Waals surface area contributed by atoms with Gasteiger partial charge in [-0.05, 0) is 56.8 Å². The van der Waals surface area contributed by atoms with Gasteiger partial charge in [0.2, 0.25) is 5.91 Å². The zero-order valence-corrected chi connectivity index (χ0v) is 12.1. The first kappa shape index (κ1) is 13.6. The van der Waals surface area contributed by atoms with Gasteiger partial charge in [-0.25, -0.2) is 0 Å². The molecule has 1 N–H and O–H groups in total. The summed E-state index contributed by atoms with van der Waals surface area (Å²) in [6.07, 6.45) is 7.78. The van der Waals surface area contributed by atoms with Gasteiger partial charge in [-0.2, -0.15) is 0 Å². The van der Waals surface area contributed by atoms with E-state index in [4.69, 9.17) is 0 Å². The topological polar surface area (TPSA) is 45.2 Å². The molecule has 2 aliphatic rings. The van der Waals surface area contributed by atoms with Gasteiger partial charge in [-0.3, -0.25) is 9.78 Å². The Kier molecular flexibility index (Phi) is 4.01. The molecular formula is C16H23N3O. The molecule has 1 aromatic rings. The number of hydrogen-bond donors (Lipinski definition) is 1. The molecule has 2 aliphatic heterocycles. The molecule has 3 rings (SSSR count). The van der Waals surface area contributed by atoms with Crippen LogP contribution in [0.3, 0.4) is 0 Å². The predicted molar refractivity (Wildman–Crippen MR) is 78.1 cm³/mol. The fourth-order valence-electron chi connectivity index (χ4n) is 3.55. The molecule has 0 radical (unpaired) electrons. The zero-order chi connectivity index (χ0) is 13.9. The van der Waals surface area contributed by atoms with E-state index < -0.39 is 0 Å². The highest BCUT2D eigenvalue weighted by molar-refractivity contribution is 5.79. The maximum atomic E-state index is 12.8. The molecule has 3 heterocycles. The maximum Gasteiger partial charge on any atom is 0.226 e. The Balaban J connectivity index is 1.73. The van der Waals surface area contributed by atoms with Gasteiger partial charge in [0.25, 0.3) is 0 Å². The Morgan fingerprint density at radius 1 is 1.35 bits per heavy atom. The third-order valence-corrected chi connectivity index (χ3v) is 4.60. The Morgan fingerprint density at radius 3 is 2.90 bits per heavy atom. The van der Waals surface area contributed by atoms with Crippen LogP contribution in [0.5, 0.6) is 0 Å². The second-order valence-electron chi connectivity index (χ2n) is 6.05. The van der Waals surface area contributed by atoms with Gasteiger partial charge in [0.15, 0.2) is 0 Å².